The first-order chi connectivity index (χ1) is 11.6. The standard InChI is InChI=1S/C11H13.3C4H9.Sn/c1-3-4-7-11-8-5-6-10(2)9-11;3*1-3-4-2;/h4-7,9H,3H2,1-2H3;3*1,3-4H2,2H3;/b7-4+;;;;. The molecule has 0 saturated heterocycles. The number of rotatable bonds is 12. The van der Waals surface area contributed by atoms with Crippen molar-refractivity contribution < 1.29 is 0 Å². The number of hydrogen-bond donors (Lipinski definition) is 0. The third kappa shape index (κ3) is 6.58. The van der Waals surface area contributed by atoms with E-state index < -0.39 is 18.4 Å². The van der Waals surface area contributed by atoms with Gasteiger partial charge in [-0.15, -0.1) is 0 Å². The Balaban J connectivity index is 3.35. The van der Waals surface area contributed by atoms with Gasteiger partial charge in [-0.05, 0) is 0 Å². The molecule has 136 valence electrons. The second-order valence-electron chi connectivity index (χ2n) is 7.49. The maximum atomic E-state index is 2.54. The van der Waals surface area contributed by atoms with Crippen molar-refractivity contribution in [3.8, 4) is 0 Å². The molecular weight excluding hydrogens is 395 g/mol. The van der Waals surface area contributed by atoms with Crippen LogP contribution < -0.4 is 3.58 Å². The van der Waals surface area contributed by atoms with Gasteiger partial charge in [-0.3, -0.25) is 0 Å². The molecular formula is C23H40Sn. The van der Waals surface area contributed by atoms with Crippen molar-refractivity contribution in [1.82, 2.24) is 0 Å². The Kier molecular flexibility index (Phi) is 11.1. The summed E-state index contributed by atoms with van der Waals surface area (Å²) in [6.07, 6.45) is 14.3. The van der Waals surface area contributed by atoms with Crippen LogP contribution in [0.15, 0.2) is 24.3 Å². The Hall–Kier alpha value is -0.241. The van der Waals surface area contributed by atoms with E-state index in [1.807, 2.05) is 3.58 Å². The fraction of sp³-hybridized carbons (Fsp3) is 0.652. The number of hydrogen-bond acceptors (Lipinski definition) is 0. The van der Waals surface area contributed by atoms with Gasteiger partial charge in [0.25, 0.3) is 0 Å². The summed E-state index contributed by atoms with van der Waals surface area (Å²) in [5.74, 6) is 0. The first-order valence-electron chi connectivity index (χ1n) is 10.4. The molecule has 0 aliphatic rings. The van der Waals surface area contributed by atoms with Crippen molar-refractivity contribution in [3.63, 3.8) is 0 Å². The van der Waals surface area contributed by atoms with Crippen molar-refractivity contribution in [3.05, 3.63) is 35.4 Å². The molecule has 0 aromatic heterocycles. The topological polar surface area (TPSA) is 0 Å². The molecule has 24 heavy (non-hydrogen) atoms. The monoisotopic (exact) mass is 436 g/mol. The average molecular weight is 435 g/mol. The van der Waals surface area contributed by atoms with Gasteiger partial charge in [-0.1, -0.05) is 0 Å². The van der Waals surface area contributed by atoms with Crippen LogP contribution in [-0.2, 0) is 0 Å². The fourth-order valence-electron chi connectivity index (χ4n) is 3.87. The van der Waals surface area contributed by atoms with Gasteiger partial charge in [0.2, 0.25) is 0 Å². The second-order valence-corrected chi connectivity index (χ2v) is 20.6. The quantitative estimate of drug-likeness (QED) is 0.299. The molecule has 0 aliphatic carbocycles. The van der Waals surface area contributed by atoms with Gasteiger partial charge in [-0.2, -0.15) is 0 Å². The van der Waals surface area contributed by atoms with Crippen LogP contribution in [-0.4, -0.2) is 18.4 Å². The molecule has 1 aromatic carbocycles. The Bertz CT molecular complexity index is 465. The van der Waals surface area contributed by atoms with Gasteiger partial charge >= 0.3 is 156 Å². The molecule has 0 bridgehead atoms. The summed E-state index contributed by atoms with van der Waals surface area (Å²) in [6, 6.07) is 7.38. The van der Waals surface area contributed by atoms with Crippen LogP contribution in [0.4, 0.5) is 0 Å². The Morgan fingerprint density at radius 3 is 1.83 bits per heavy atom. The second kappa shape index (κ2) is 12.2. The van der Waals surface area contributed by atoms with E-state index in [1.54, 1.807) is 18.9 Å². The molecule has 0 nitrogen and oxygen atoms in total. The van der Waals surface area contributed by atoms with Crippen molar-refractivity contribution in [1.29, 1.82) is 0 Å². The molecule has 0 unspecified atom stereocenters. The molecule has 1 heteroatoms. The summed E-state index contributed by atoms with van der Waals surface area (Å²) in [4.78, 5) is 0. The summed E-state index contributed by atoms with van der Waals surface area (Å²) >= 11 is -2.32. The van der Waals surface area contributed by atoms with Crippen molar-refractivity contribution >= 4 is 28.0 Å². The first-order valence-corrected chi connectivity index (χ1v) is 17.9. The molecule has 1 aromatic rings. The summed E-state index contributed by atoms with van der Waals surface area (Å²) in [6.45, 7) is 11.6. The number of unbranched alkanes of at least 4 members (excludes halogenated alkanes) is 3. The maximum absolute atomic E-state index is 2.54. The van der Waals surface area contributed by atoms with E-state index in [4.69, 9.17) is 0 Å². The van der Waals surface area contributed by atoms with Crippen molar-refractivity contribution in [2.24, 2.45) is 0 Å². The minimum atomic E-state index is -2.32. The van der Waals surface area contributed by atoms with Gasteiger partial charge in [0.15, 0.2) is 0 Å². The molecule has 0 radical (unpaired) electrons. The van der Waals surface area contributed by atoms with E-state index in [1.165, 1.54) is 44.1 Å². The van der Waals surface area contributed by atoms with E-state index >= 15 is 0 Å². The predicted molar refractivity (Wildman–Crippen MR) is 115 cm³/mol. The third-order valence-corrected chi connectivity index (χ3v) is 21.1. The molecule has 0 saturated carbocycles. The Labute approximate surface area is 156 Å². The van der Waals surface area contributed by atoms with Crippen LogP contribution in [0, 0.1) is 6.92 Å². The molecule has 0 aliphatic heterocycles. The van der Waals surface area contributed by atoms with Gasteiger partial charge < -0.3 is 0 Å². The van der Waals surface area contributed by atoms with Gasteiger partial charge in [0.05, 0.1) is 0 Å². The first kappa shape index (κ1) is 21.8. The zero-order valence-electron chi connectivity index (χ0n) is 17.0. The normalized spacial score (nSPS) is 12.2. The van der Waals surface area contributed by atoms with E-state index in [2.05, 4.69) is 65.0 Å². The van der Waals surface area contributed by atoms with Crippen LogP contribution in [0.1, 0.15) is 83.8 Å². The van der Waals surface area contributed by atoms with E-state index in [9.17, 15) is 0 Å². The fourth-order valence-corrected chi connectivity index (χ4v) is 20.6. The van der Waals surface area contributed by atoms with Crippen LogP contribution >= 0.6 is 0 Å². The molecule has 0 heterocycles. The third-order valence-electron chi connectivity index (χ3n) is 5.34. The zero-order valence-corrected chi connectivity index (χ0v) is 19.8. The van der Waals surface area contributed by atoms with E-state index in [0.29, 0.717) is 0 Å². The van der Waals surface area contributed by atoms with Crippen molar-refractivity contribution in [2.45, 2.75) is 92.9 Å². The van der Waals surface area contributed by atoms with Crippen LogP contribution in [0.5, 0.6) is 0 Å². The molecule has 0 amide bonds. The van der Waals surface area contributed by atoms with Crippen molar-refractivity contribution in [2.75, 3.05) is 0 Å². The molecule has 1 rings (SSSR count). The number of benzene rings is 1. The zero-order chi connectivity index (χ0) is 17.8. The number of aryl methyl sites for hydroxylation is 1. The molecule has 0 fully saturated rings. The van der Waals surface area contributed by atoms with E-state index in [0.717, 1.165) is 6.42 Å². The minimum absolute atomic E-state index is 1.13. The predicted octanol–water partition coefficient (Wildman–Crippen LogP) is 7.47. The van der Waals surface area contributed by atoms with Crippen LogP contribution in [0.2, 0.25) is 13.3 Å². The number of allylic oxidation sites excluding steroid dienone is 1. The Morgan fingerprint density at radius 2 is 1.38 bits per heavy atom. The van der Waals surface area contributed by atoms with Crippen LogP contribution in [0.3, 0.4) is 0 Å². The summed E-state index contributed by atoms with van der Waals surface area (Å²) < 4.78 is 6.50. The molecule has 0 atom stereocenters. The van der Waals surface area contributed by atoms with E-state index in [-0.39, 0.29) is 0 Å². The molecule has 0 spiro atoms. The van der Waals surface area contributed by atoms with Gasteiger partial charge in [-0.25, -0.2) is 0 Å². The summed E-state index contributed by atoms with van der Waals surface area (Å²) in [7, 11) is 0. The average Bonchev–Trinajstić information content (AvgIpc) is 2.60. The molecule has 0 N–H and O–H groups in total. The Morgan fingerprint density at radius 1 is 0.833 bits per heavy atom. The van der Waals surface area contributed by atoms with Gasteiger partial charge in [0.1, 0.15) is 0 Å². The summed E-state index contributed by atoms with van der Waals surface area (Å²) in [5.41, 5.74) is 2.98. The SMILES string of the molecule is CC/C=C/c1cc(C)cc[c]1[Sn]([CH2]CCC)([CH2]CCC)[CH2]CCC. The summed E-state index contributed by atoms with van der Waals surface area (Å²) in [5, 5.41) is 0. The van der Waals surface area contributed by atoms with Gasteiger partial charge in [0, 0.05) is 0 Å². The van der Waals surface area contributed by atoms with Crippen LogP contribution in [0.25, 0.3) is 6.08 Å².